The topological polar surface area (TPSA) is 67.9 Å². The number of hydrogen-bond acceptors (Lipinski definition) is 2. The van der Waals surface area contributed by atoms with E-state index in [4.69, 9.17) is 0 Å². The normalized spacial score (nSPS) is 17.5. The Morgan fingerprint density at radius 1 is 0.392 bits per heavy atom. The molecule has 0 saturated heterocycles. The molecule has 1 atom stereocenters. The predicted octanol–water partition coefficient (Wildman–Crippen LogP) is 9.42. The molecule has 8 aromatic rings. The van der Waals surface area contributed by atoms with Crippen LogP contribution in [0.5, 0.6) is 0 Å². The largest absolute Gasteiger partial charge is 0.356 e. The lowest BCUT2D eigenvalue weighted by Gasteiger charge is -2.15. The van der Waals surface area contributed by atoms with Crippen LogP contribution in [-0.2, 0) is 21.1 Å². The molecule has 368 valence electrons. The Morgan fingerprint density at radius 3 is 1.20 bits per heavy atom. The summed E-state index contributed by atoms with van der Waals surface area (Å²) in [6.45, 7) is 0. The van der Waals surface area contributed by atoms with Gasteiger partial charge in [-0.25, -0.2) is 71.4 Å². The molecule has 1 unspecified atom stereocenters. The maximum absolute atomic E-state index is 17.0. The van der Waals surface area contributed by atoms with E-state index in [1.165, 1.54) is 132 Å². The lowest BCUT2D eigenvalue weighted by Crippen LogP contribution is -2.31. The third-order valence-corrected chi connectivity index (χ3v) is 13.1. The number of H-pyrrole nitrogens is 2. The van der Waals surface area contributed by atoms with Crippen LogP contribution in [0.2, 0.25) is 0 Å². The monoisotopic (exact) mass is 1020 g/mol. The number of aromatic amines is 2. The number of rotatable bonds is 6. The summed E-state index contributed by atoms with van der Waals surface area (Å²) in [5, 5.41) is -0.910. The van der Waals surface area contributed by atoms with Crippen LogP contribution in [0.3, 0.4) is 0 Å². The second-order valence-electron chi connectivity index (χ2n) is 17.4. The van der Waals surface area contributed by atoms with Gasteiger partial charge in [0.15, 0.2) is 88.4 Å². The van der Waals surface area contributed by atoms with E-state index in [9.17, 15) is 0 Å². The Hall–Kier alpha value is -8.87. The number of hydrogen-bond donors (Lipinski definition) is 2. The molecular weight excluding hydrogens is 987 g/mol. The van der Waals surface area contributed by atoms with Crippen molar-refractivity contribution >= 4 is 28.1 Å². The molecule has 3 aromatic carbocycles. The number of halogens is 12. The van der Waals surface area contributed by atoms with Crippen molar-refractivity contribution in [3.63, 3.8) is 0 Å². The van der Waals surface area contributed by atoms with Crippen LogP contribution in [0.1, 0.15) is 34.1 Å². The van der Waals surface area contributed by atoms with Gasteiger partial charge in [-0.05, 0) is 60.7 Å². The van der Waals surface area contributed by atoms with Crippen LogP contribution in [0.25, 0.3) is 50.5 Å². The van der Waals surface area contributed by atoms with Gasteiger partial charge in [-0.15, -0.1) is 0 Å². The lowest BCUT2D eigenvalue weighted by atomic mass is 9.95. The third kappa shape index (κ3) is 7.19. The first-order valence-corrected chi connectivity index (χ1v) is 22.3. The van der Waals surface area contributed by atoms with Crippen LogP contribution in [0.15, 0.2) is 137 Å². The van der Waals surface area contributed by atoms with Gasteiger partial charge in [-0.1, -0.05) is 6.08 Å². The Bertz CT molecular complexity index is 4020. The zero-order valence-corrected chi connectivity index (χ0v) is 38.4. The third-order valence-electron chi connectivity index (χ3n) is 13.1. The van der Waals surface area contributed by atoms with Crippen LogP contribution in [-0.4, -0.2) is 21.4 Å². The molecule has 0 saturated carbocycles. The highest BCUT2D eigenvalue weighted by Gasteiger charge is 2.38. The molecule has 11 rings (SSSR count). The van der Waals surface area contributed by atoms with Gasteiger partial charge in [-0.3, -0.25) is 4.99 Å². The van der Waals surface area contributed by atoms with Crippen molar-refractivity contribution in [3.05, 3.63) is 236 Å². The average Bonchev–Trinajstić information content (AvgIpc) is 4.25. The van der Waals surface area contributed by atoms with Gasteiger partial charge >= 0.3 is 0 Å². The number of aliphatic imine (C=N–C) groups is 2. The summed E-state index contributed by atoms with van der Waals surface area (Å²) in [6.07, 6.45) is 8.81. The van der Waals surface area contributed by atoms with Crippen LogP contribution < -0.4 is 24.4 Å². The molecular formula is C55H32F12N7+3. The number of fused-ring (bicyclic) bond motifs is 7. The Kier molecular flexibility index (Phi) is 11.4. The summed E-state index contributed by atoms with van der Waals surface area (Å²) in [4.78, 5) is 14.7. The molecule has 0 amide bonds. The minimum absolute atomic E-state index is 0.0890. The Labute approximate surface area is 410 Å². The summed E-state index contributed by atoms with van der Waals surface area (Å²) < 4.78 is 204. The molecule has 8 bridgehead atoms. The zero-order chi connectivity index (χ0) is 52.2. The maximum atomic E-state index is 17.0. The number of pyridine rings is 3. The number of aromatic nitrogens is 5. The summed E-state index contributed by atoms with van der Waals surface area (Å²) >= 11 is 0. The Morgan fingerprint density at radius 2 is 0.784 bits per heavy atom. The highest BCUT2D eigenvalue weighted by molar-refractivity contribution is 6.31. The first kappa shape index (κ1) is 47.5. The van der Waals surface area contributed by atoms with Gasteiger partial charge in [0.2, 0.25) is 17.1 Å². The number of aryl methyl sites for hydroxylation is 3. The van der Waals surface area contributed by atoms with Crippen molar-refractivity contribution in [2.24, 2.45) is 31.1 Å². The first-order chi connectivity index (χ1) is 35.5. The molecule has 3 aliphatic rings. The van der Waals surface area contributed by atoms with Gasteiger partial charge in [-0.2, -0.15) is 0 Å². The number of allylic oxidation sites excluding steroid dienone is 3. The van der Waals surface area contributed by atoms with Crippen molar-refractivity contribution in [1.82, 2.24) is 9.97 Å². The molecule has 0 spiro atoms. The van der Waals surface area contributed by atoms with Crippen molar-refractivity contribution in [2.45, 2.75) is 6.04 Å². The SMILES string of the molecule is C[n+]1ccccc1-c1c(F)c(F)c(/C2=C3\C=CC(=N3)/C(c3c(F)c(F)c(-c4cccc[n+]4C)c(F)c3F)=c3/cc/c([nH]3)=C(\c3c(F)c(F)c(-c4cccc[n+]4C)c(F)c3F)C3=NC(C=C3)c3ccc2[nH]3)c(F)c1F. The van der Waals surface area contributed by atoms with E-state index in [1.807, 2.05) is 0 Å². The van der Waals surface area contributed by atoms with E-state index in [1.54, 1.807) is 0 Å². The highest BCUT2D eigenvalue weighted by atomic mass is 19.2. The summed E-state index contributed by atoms with van der Waals surface area (Å²) in [5.74, 6) is -22.6. The molecule has 0 aliphatic carbocycles. The summed E-state index contributed by atoms with van der Waals surface area (Å²) in [6, 6.07) is 15.8. The minimum atomic E-state index is -1.98. The second-order valence-corrected chi connectivity index (χ2v) is 17.4. The van der Waals surface area contributed by atoms with E-state index in [0.29, 0.717) is 0 Å². The van der Waals surface area contributed by atoms with Crippen LogP contribution in [0, 0.1) is 69.8 Å². The standard InChI is InChI=1S/C55H31F12N7/c1-72-21-7-4-10-32(72)38-44(56)50(62)41(51(63)45(38)57)35-26-15-13-24(68-26)25-14-16-27(69-25)36(42-52(64)46(58)39(47(59)53(42)65)33-11-5-8-22-73(33)2)29-18-20-31(71-29)37(30-19-17-28(35)70-30)43-54(66)48(60)40(49(61)55(43)67)34-12-6-9-23-74(34)3/h4-24H,1-3H3,(H,69,70,71)/q+2/p+1. The van der Waals surface area contributed by atoms with Gasteiger partial charge in [0.1, 0.15) is 43.9 Å². The fraction of sp³-hybridized carbons (Fsp3) is 0.0727. The van der Waals surface area contributed by atoms with Crippen LogP contribution in [0.4, 0.5) is 52.7 Å². The predicted molar refractivity (Wildman–Crippen MR) is 246 cm³/mol. The van der Waals surface area contributed by atoms with Crippen LogP contribution >= 0.6 is 0 Å². The molecule has 5 aromatic heterocycles. The van der Waals surface area contributed by atoms with E-state index >= 15 is 52.7 Å². The van der Waals surface area contributed by atoms with E-state index in [0.717, 1.165) is 24.3 Å². The van der Waals surface area contributed by atoms with E-state index in [2.05, 4.69) is 20.0 Å². The molecule has 19 heteroatoms. The first-order valence-electron chi connectivity index (χ1n) is 22.3. The number of nitrogens with one attached hydrogen (secondary N) is 2. The average molecular weight is 1020 g/mol. The molecule has 0 radical (unpaired) electrons. The van der Waals surface area contributed by atoms with Crippen molar-refractivity contribution in [3.8, 4) is 33.8 Å². The van der Waals surface area contributed by atoms with Crippen molar-refractivity contribution in [1.29, 1.82) is 0 Å². The zero-order valence-electron chi connectivity index (χ0n) is 38.4. The maximum Gasteiger partial charge on any atom is 0.218 e. The minimum Gasteiger partial charge on any atom is -0.356 e. The molecule has 2 N–H and O–H groups in total. The van der Waals surface area contributed by atoms with E-state index < -0.39 is 148 Å². The summed E-state index contributed by atoms with van der Waals surface area (Å²) in [7, 11) is 4.14. The van der Waals surface area contributed by atoms with Gasteiger partial charge < -0.3 is 9.97 Å². The smallest absolute Gasteiger partial charge is 0.218 e. The Balaban J connectivity index is 1.25. The quantitative estimate of drug-likeness (QED) is 0.0948. The lowest BCUT2D eigenvalue weighted by molar-refractivity contribution is -0.660. The van der Waals surface area contributed by atoms with Crippen molar-refractivity contribution in [2.75, 3.05) is 0 Å². The fourth-order valence-corrected chi connectivity index (χ4v) is 9.58. The van der Waals surface area contributed by atoms with Gasteiger partial charge in [0.05, 0.1) is 33.8 Å². The highest BCUT2D eigenvalue weighted by Crippen LogP contribution is 2.42. The molecule has 74 heavy (non-hydrogen) atoms. The van der Waals surface area contributed by atoms with Gasteiger partial charge in [0.25, 0.3) is 0 Å². The molecule has 7 nitrogen and oxygen atoms in total. The second kappa shape index (κ2) is 17.7. The number of nitrogens with zero attached hydrogens (tertiary/aromatic N) is 5. The van der Waals surface area contributed by atoms with E-state index in [-0.39, 0.29) is 34.2 Å². The number of benzene rings is 3. The van der Waals surface area contributed by atoms with Crippen molar-refractivity contribution < 1.29 is 66.4 Å². The molecule has 8 heterocycles. The molecule has 3 aliphatic heterocycles. The van der Waals surface area contributed by atoms with Gasteiger partial charge in [0, 0.05) is 75.2 Å². The summed E-state index contributed by atoms with van der Waals surface area (Å²) in [5.41, 5.74) is -11.8. The fourth-order valence-electron chi connectivity index (χ4n) is 9.58. The molecule has 0 fully saturated rings.